The van der Waals surface area contributed by atoms with E-state index >= 15 is 0 Å². The lowest BCUT2D eigenvalue weighted by Crippen LogP contribution is -2.24. The number of hydrogen-bond donors (Lipinski definition) is 0. The lowest BCUT2D eigenvalue weighted by Gasteiger charge is -2.11. The van der Waals surface area contributed by atoms with Crippen LogP contribution in [0.1, 0.15) is 43.6 Å². The fourth-order valence-corrected chi connectivity index (χ4v) is 2.37. The molecule has 1 fully saturated rings. The van der Waals surface area contributed by atoms with Crippen molar-refractivity contribution in [3.63, 3.8) is 0 Å². The number of nitrogens with zero attached hydrogens (tertiary/aromatic N) is 2. The average molecular weight is 257 g/mol. The van der Waals surface area contributed by atoms with Gasteiger partial charge in [0.05, 0.1) is 17.3 Å². The highest BCUT2D eigenvalue weighted by molar-refractivity contribution is 6.33. The molecule has 2 atom stereocenters. The Hall–Kier alpha value is -0.870. The molecule has 94 valence electrons. The predicted molar refractivity (Wildman–Crippen MR) is 65.4 cm³/mol. The number of Topliss-reactive ketones (excluding diaryl/α,β-unsaturated/α-hetero) is 1. The van der Waals surface area contributed by atoms with Crippen LogP contribution in [0.4, 0.5) is 0 Å². The van der Waals surface area contributed by atoms with E-state index in [9.17, 15) is 4.79 Å². The fourth-order valence-electron chi connectivity index (χ4n) is 2.14. The summed E-state index contributed by atoms with van der Waals surface area (Å²) in [6, 6.07) is 0. The zero-order valence-corrected chi connectivity index (χ0v) is 10.9. The number of halogens is 1. The van der Waals surface area contributed by atoms with Crippen molar-refractivity contribution in [1.29, 1.82) is 0 Å². The van der Waals surface area contributed by atoms with Gasteiger partial charge in [0, 0.05) is 6.54 Å². The number of carbonyl (C=O) groups excluding carboxylic acids is 1. The Kier molecular flexibility index (Phi) is 3.84. The van der Waals surface area contributed by atoms with Crippen molar-refractivity contribution in [3.05, 3.63) is 16.9 Å². The van der Waals surface area contributed by atoms with Crippen molar-refractivity contribution >= 4 is 17.4 Å². The zero-order valence-electron chi connectivity index (χ0n) is 10.1. The van der Waals surface area contributed by atoms with Crippen molar-refractivity contribution in [2.75, 3.05) is 0 Å². The second kappa shape index (κ2) is 5.19. The van der Waals surface area contributed by atoms with E-state index in [1.165, 1.54) is 6.20 Å². The highest BCUT2D eigenvalue weighted by Gasteiger charge is 2.32. The van der Waals surface area contributed by atoms with Crippen LogP contribution in [0.25, 0.3) is 0 Å². The SMILES string of the molecule is CCCn1ncc(Cl)c1C(=O)C1CCC(C)O1. The standard InChI is InChI=1S/C12H17ClN2O2/c1-3-6-15-11(9(13)7-14-15)12(16)10-5-4-8(2)17-10/h7-8,10H,3-6H2,1-2H3. The molecule has 0 spiro atoms. The molecule has 1 aliphatic rings. The van der Waals surface area contributed by atoms with Crippen LogP contribution in [-0.4, -0.2) is 27.8 Å². The molecule has 0 bridgehead atoms. The van der Waals surface area contributed by atoms with Gasteiger partial charge in [0.25, 0.3) is 0 Å². The third kappa shape index (κ3) is 2.53. The molecule has 4 nitrogen and oxygen atoms in total. The third-order valence-corrected chi connectivity index (χ3v) is 3.26. The molecule has 5 heteroatoms. The molecule has 2 unspecified atom stereocenters. The van der Waals surface area contributed by atoms with Crippen molar-refractivity contribution in [2.45, 2.75) is 51.9 Å². The summed E-state index contributed by atoms with van der Waals surface area (Å²) in [5.41, 5.74) is 0.493. The van der Waals surface area contributed by atoms with E-state index < -0.39 is 0 Å². The van der Waals surface area contributed by atoms with Gasteiger partial charge in [-0.15, -0.1) is 0 Å². The van der Waals surface area contributed by atoms with Crippen LogP contribution in [0.15, 0.2) is 6.20 Å². The van der Waals surface area contributed by atoms with Crippen LogP contribution in [0.3, 0.4) is 0 Å². The molecule has 1 aliphatic heterocycles. The molecule has 1 saturated heterocycles. The lowest BCUT2D eigenvalue weighted by atomic mass is 10.1. The molecule has 1 aromatic rings. The van der Waals surface area contributed by atoms with E-state index in [1.807, 2.05) is 13.8 Å². The largest absolute Gasteiger partial charge is 0.367 e. The van der Waals surface area contributed by atoms with Gasteiger partial charge in [0.1, 0.15) is 11.8 Å². The summed E-state index contributed by atoms with van der Waals surface area (Å²) >= 11 is 6.03. The van der Waals surface area contributed by atoms with E-state index in [1.54, 1.807) is 4.68 Å². The maximum Gasteiger partial charge on any atom is 0.211 e. The van der Waals surface area contributed by atoms with Gasteiger partial charge in [-0.25, -0.2) is 0 Å². The first-order valence-electron chi connectivity index (χ1n) is 6.04. The van der Waals surface area contributed by atoms with Gasteiger partial charge in [-0.1, -0.05) is 18.5 Å². The minimum atomic E-state index is -0.352. The van der Waals surface area contributed by atoms with Crippen LogP contribution in [0.5, 0.6) is 0 Å². The monoisotopic (exact) mass is 256 g/mol. The van der Waals surface area contributed by atoms with Crippen molar-refractivity contribution < 1.29 is 9.53 Å². The van der Waals surface area contributed by atoms with E-state index in [0.29, 0.717) is 17.3 Å². The molecule has 1 aromatic heterocycles. The number of rotatable bonds is 4. The van der Waals surface area contributed by atoms with Gasteiger partial charge in [0.15, 0.2) is 0 Å². The molecular formula is C12H17ClN2O2. The van der Waals surface area contributed by atoms with E-state index in [2.05, 4.69) is 5.10 Å². The smallest absolute Gasteiger partial charge is 0.211 e. The van der Waals surface area contributed by atoms with Crippen LogP contribution < -0.4 is 0 Å². The van der Waals surface area contributed by atoms with Crippen LogP contribution in [-0.2, 0) is 11.3 Å². The summed E-state index contributed by atoms with van der Waals surface area (Å²) in [7, 11) is 0. The minimum absolute atomic E-state index is 0.0368. The number of ether oxygens (including phenoxy) is 1. The summed E-state index contributed by atoms with van der Waals surface area (Å²) in [5.74, 6) is -0.0368. The van der Waals surface area contributed by atoms with Crippen LogP contribution in [0.2, 0.25) is 5.02 Å². The molecule has 17 heavy (non-hydrogen) atoms. The molecule has 2 heterocycles. The van der Waals surface area contributed by atoms with Crippen LogP contribution >= 0.6 is 11.6 Å². The minimum Gasteiger partial charge on any atom is -0.367 e. The maximum absolute atomic E-state index is 12.3. The molecule has 0 radical (unpaired) electrons. The number of aromatic nitrogens is 2. The molecule has 0 aromatic carbocycles. The highest BCUT2D eigenvalue weighted by Crippen LogP contribution is 2.25. The predicted octanol–water partition coefficient (Wildman–Crippen LogP) is 2.70. The Labute approximate surface area is 106 Å². The number of aryl methyl sites for hydroxylation is 1. The lowest BCUT2D eigenvalue weighted by molar-refractivity contribution is 0.0424. The first kappa shape index (κ1) is 12.6. The fraction of sp³-hybridized carbons (Fsp3) is 0.667. The molecule has 0 amide bonds. The van der Waals surface area contributed by atoms with Crippen molar-refractivity contribution in [2.24, 2.45) is 0 Å². The molecule has 2 rings (SSSR count). The number of ketones is 1. The Morgan fingerprint density at radius 3 is 3.00 bits per heavy atom. The average Bonchev–Trinajstić information content (AvgIpc) is 2.86. The maximum atomic E-state index is 12.3. The molecule has 0 N–H and O–H groups in total. The summed E-state index contributed by atoms with van der Waals surface area (Å²) in [4.78, 5) is 12.3. The molecule has 0 aliphatic carbocycles. The van der Waals surface area contributed by atoms with Gasteiger partial charge >= 0.3 is 0 Å². The van der Waals surface area contributed by atoms with Gasteiger partial charge in [-0.2, -0.15) is 5.10 Å². The Morgan fingerprint density at radius 2 is 2.41 bits per heavy atom. The number of hydrogen-bond acceptors (Lipinski definition) is 3. The summed E-state index contributed by atoms with van der Waals surface area (Å²) < 4.78 is 7.26. The topological polar surface area (TPSA) is 44.1 Å². The normalized spacial score (nSPS) is 24.2. The van der Waals surface area contributed by atoms with Gasteiger partial charge in [0.2, 0.25) is 5.78 Å². The Morgan fingerprint density at radius 1 is 1.65 bits per heavy atom. The van der Waals surface area contributed by atoms with Crippen molar-refractivity contribution in [1.82, 2.24) is 9.78 Å². The zero-order chi connectivity index (χ0) is 12.4. The summed E-state index contributed by atoms with van der Waals surface area (Å²) in [6.45, 7) is 4.73. The summed E-state index contributed by atoms with van der Waals surface area (Å²) in [5, 5.41) is 4.55. The molecule has 0 saturated carbocycles. The van der Waals surface area contributed by atoms with E-state index in [0.717, 1.165) is 19.3 Å². The van der Waals surface area contributed by atoms with E-state index in [-0.39, 0.29) is 18.0 Å². The van der Waals surface area contributed by atoms with Gasteiger partial charge in [-0.3, -0.25) is 9.48 Å². The first-order chi connectivity index (χ1) is 8.13. The Bertz CT molecular complexity index is 417. The van der Waals surface area contributed by atoms with Crippen LogP contribution in [0, 0.1) is 0 Å². The number of carbonyl (C=O) groups is 1. The molecular weight excluding hydrogens is 240 g/mol. The third-order valence-electron chi connectivity index (χ3n) is 2.99. The van der Waals surface area contributed by atoms with Crippen molar-refractivity contribution in [3.8, 4) is 0 Å². The second-order valence-electron chi connectivity index (χ2n) is 4.44. The first-order valence-corrected chi connectivity index (χ1v) is 6.42. The second-order valence-corrected chi connectivity index (χ2v) is 4.85. The van der Waals surface area contributed by atoms with Gasteiger partial charge in [-0.05, 0) is 26.2 Å². The highest BCUT2D eigenvalue weighted by atomic mass is 35.5. The summed E-state index contributed by atoms with van der Waals surface area (Å²) in [6.07, 6.45) is 3.95. The van der Waals surface area contributed by atoms with E-state index in [4.69, 9.17) is 16.3 Å². The quantitative estimate of drug-likeness (QED) is 0.778. The Balaban J connectivity index is 2.21. The van der Waals surface area contributed by atoms with Gasteiger partial charge < -0.3 is 4.74 Å².